The molecule has 0 aliphatic heterocycles. The maximum atomic E-state index is 5.18. The van der Waals surface area contributed by atoms with E-state index >= 15 is 0 Å². The van der Waals surface area contributed by atoms with Crippen LogP contribution in [0.3, 0.4) is 0 Å². The van der Waals surface area contributed by atoms with E-state index in [9.17, 15) is 0 Å². The van der Waals surface area contributed by atoms with Crippen LogP contribution in [0.5, 0.6) is 0 Å². The van der Waals surface area contributed by atoms with Gasteiger partial charge in [0, 0.05) is 6.92 Å². The SMILES string of the molecule is Cc1nnc(Sc2cnc(Br)cn2)o1. The molecule has 14 heavy (non-hydrogen) atoms. The molecule has 5 nitrogen and oxygen atoms in total. The molecule has 7 heteroatoms. The third-order valence-electron chi connectivity index (χ3n) is 1.30. The van der Waals surface area contributed by atoms with Crippen LogP contribution in [0.4, 0.5) is 0 Å². The highest BCUT2D eigenvalue weighted by Gasteiger charge is 2.05. The van der Waals surface area contributed by atoms with Crippen LogP contribution >= 0.6 is 27.7 Å². The van der Waals surface area contributed by atoms with Gasteiger partial charge in [-0.2, -0.15) is 0 Å². The minimum Gasteiger partial charge on any atom is -0.416 e. The molecule has 0 aromatic carbocycles. The zero-order valence-electron chi connectivity index (χ0n) is 7.14. The number of hydrogen-bond donors (Lipinski definition) is 0. The predicted octanol–water partition coefficient (Wildman–Crippen LogP) is 2.08. The lowest BCUT2D eigenvalue weighted by molar-refractivity contribution is 0.429. The van der Waals surface area contributed by atoms with Crippen LogP contribution < -0.4 is 0 Å². The minimum absolute atomic E-state index is 0.471. The molecule has 0 N–H and O–H groups in total. The molecule has 0 aliphatic carbocycles. The van der Waals surface area contributed by atoms with E-state index in [1.165, 1.54) is 11.8 Å². The first kappa shape index (κ1) is 9.60. The maximum Gasteiger partial charge on any atom is 0.282 e. The topological polar surface area (TPSA) is 64.7 Å². The smallest absolute Gasteiger partial charge is 0.282 e. The molecule has 2 aromatic rings. The summed E-state index contributed by atoms with van der Waals surface area (Å²) in [7, 11) is 0. The summed E-state index contributed by atoms with van der Waals surface area (Å²) in [5.74, 6) is 0.539. The molecule has 0 aliphatic rings. The van der Waals surface area contributed by atoms with Crippen molar-refractivity contribution in [3.05, 3.63) is 22.9 Å². The first-order valence-electron chi connectivity index (χ1n) is 3.69. The Labute approximate surface area is 92.5 Å². The van der Waals surface area contributed by atoms with Crippen molar-refractivity contribution in [2.24, 2.45) is 0 Å². The standard InChI is InChI=1S/C7H5BrN4OS/c1-4-11-12-7(13-4)14-6-3-9-5(8)2-10-6/h2-3H,1H3. The van der Waals surface area contributed by atoms with Gasteiger partial charge in [0.2, 0.25) is 5.89 Å². The highest BCUT2D eigenvalue weighted by atomic mass is 79.9. The predicted molar refractivity (Wildman–Crippen MR) is 52.9 cm³/mol. The van der Waals surface area contributed by atoms with E-state index in [2.05, 4.69) is 36.1 Å². The molecule has 0 saturated heterocycles. The highest BCUT2D eigenvalue weighted by molar-refractivity contribution is 9.10. The third kappa shape index (κ3) is 2.30. The normalized spacial score (nSPS) is 10.4. The van der Waals surface area contributed by atoms with Gasteiger partial charge in [-0.05, 0) is 27.7 Å². The fraction of sp³-hybridized carbons (Fsp3) is 0.143. The zero-order valence-corrected chi connectivity index (χ0v) is 9.54. The van der Waals surface area contributed by atoms with Crippen molar-refractivity contribution in [2.75, 3.05) is 0 Å². The van der Waals surface area contributed by atoms with Gasteiger partial charge in [0.05, 0.1) is 12.4 Å². The molecule has 2 aromatic heterocycles. The Morgan fingerprint density at radius 3 is 2.71 bits per heavy atom. The van der Waals surface area contributed by atoms with E-state index in [0.717, 1.165) is 5.03 Å². The van der Waals surface area contributed by atoms with Crippen molar-refractivity contribution >= 4 is 27.7 Å². The highest BCUT2D eigenvalue weighted by Crippen LogP contribution is 2.23. The number of aromatic nitrogens is 4. The molecule has 0 fully saturated rings. The summed E-state index contributed by atoms with van der Waals surface area (Å²) in [6, 6.07) is 0. The maximum absolute atomic E-state index is 5.18. The van der Waals surface area contributed by atoms with Crippen molar-refractivity contribution < 1.29 is 4.42 Å². The molecule has 2 rings (SSSR count). The van der Waals surface area contributed by atoms with Crippen LogP contribution in [0, 0.1) is 6.92 Å². The third-order valence-corrected chi connectivity index (χ3v) is 2.47. The van der Waals surface area contributed by atoms with Gasteiger partial charge in [0.25, 0.3) is 5.22 Å². The van der Waals surface area contributed by atoms with Gasteiger partial charge in [-0.25, -0.2) is 9.97 Å². The van der Waals surface area contributed by atoms with Crippen LogP contribution in [0.1, 0.15) is 5.89 Å². The molecule has 0 amide bonds. The molecule has 0 atom stereocenters. The summed E-state index contributed by atoms with van der Waals surface area (Å²) in [6.45, 7) is 1.74. The fourth-order valence-electron chi connectivity index (χ4n) is 0.762. The molecule has 0 spiro atoms. The summed E-state index contributed by atoms with van der Waals surface area (Å²) in [6.07, 6.45) is 3.25. The van der Waals surface area contributed by atoms with Crippen LogP contribution in [0.2, 0.25) is 0 Å². The van der Waals surface area contributed by atoms with Gasteiger partial charge in [0.1, 0.15) is 9.63 Å². The number of rotatable bonds is 2. The average molecular weight is 273 g/mol. The van der Waals surface area contributed by atoms with Crippen molar-refractivity contribution in [3.63, 3.8) is 0 Å². The summed E-state index contributed by atoms with van der Waals surface area (Å²) < 4.78 is 5.88. The lowest BCUT2D eigenvalue weighted by atomic mass is 10.8. The summed E-state index contributed by atoms with van der Waals surface area (Å²) in [4.78, 5) is 8.13. The first-order chi connectivity index (χ1) is 6.74. The van der Waals surface area contributed by atoms with Gasteiger partial charge < -0.3 is 4.42 Å². The van der Waals surface area contributed by atoms with E-state index in [4.69, 9.17) is 4.42 Å². The van der Waals surface area contributed by atoms with Crippen LogP contribution in [0.15, 0.2) is 31.7 Å². The van der Waals surface area contributed by atoms with Crippen LogP contribution in [-0.4, -0.2) is 20.2 Å². The molecule has 72 valence electrons. The Morgan fingerprint density at radius 2 is 2.14 bits per heavy atom. The Kier molecular flexibility index (Phi) is 2.78. The second kappa shape index (κ2) is 4.05. The van der Waals surface area contributed by atoms with Gasteiger partial charge in [-0.1, -0.05) is 0 Å². The Morgan fingerprint density at radius 1 is 1.29 bits per heavy atom. The van der Waals surface area contributed by atoms with Crippen LogP contribution in [-0.2, 0) is 0 Å². The van der Waals surface area contributed by atoms with Gasteiger partial charge in [-0.15, -0.1) is 10.2 Å². The quantitative estimate of drug-likeness (QED) is 0.834. The number of aryl methyl sites for hydroxylation is 1. The van der Waals surface area contributed by atoms with Gasteiger partial charge in [0.15, 0.2) is 0 Å². The number of nitrogens with zero attached hydrogens (tertiary/aromatic N) is 4. The second-order valence-corrected chi connectivity index (χ2v) is 4.15. The van der Waals surface area contributed by atoms with E-state index in [1.54, 1.807) is 19.3 Å². The Hall–Kier alpha value is -0.950. The molecular formula is C7H5BrN4OS. The zero-order chi connectivity index (χ0) is 9.97. The van der Waals surface area contributed by atoms with E-state index in [0.29, 0.717) is 15.7 Å². The summed E-state index contributed by atoms with van der Waals surface area (Å²) in [5, 5.41) is 8.73. The minimum atomic E-state index is 0.471. The summed E-state index contributed by atoms with van der Waals surface area (Å²) >= 11 is 4.48. The first-order valence-corrected chi connectivity index (χ1v) is 5.30. The van der Waals surface area contributed by atoms with Crippen molar-refractivity contribution in [1.29, 1.82) is 0 Å². The van der Waals surface area contributed by atoms with Gasteiger partial charge >= 0.3 is 0 Å². The fourth-order valence-corrected chi connectivity index (χ4v) is 1.60. The molecule has 0 saturated carbocycles. The lowest BCUT2D eigenvalue weighted by Gasteiger charge is -1.93. The van der Waals surface area contributed by atoms with E-state index in [1.807, 2.05) is 0 Å². The van der Waals surface area contributed by atoms with Crippen LogP contribution in [0.25, 0.3) is 0 Å². The molecule has 0 radical (unpaired) electrons. The molecular weight excluding hydrogens is 268 g/mol. The average Bonchev–Trinajstić information content (AvgIpc) is 2.56. The van der Waals surface area contributed by atoms with Crippen molar-refractivity contribution in [3.8, 4) is 0 Å². The second-order valence-electron chi connectivity index (χ2n) is 2.37. The monoisotopic (exact) mass is 272 g/mol. The van der Waals surface area contributed by atoms with Crippen molar-refractivity contribution in [2.45, 2.75) is 17.2 Å². The largest absolute Gasteiger partial charge is 0.416 e. The molecule has 0 unspecified atom stereocenters. The van der Waals surface area contributed by atoms with Crippen molar-refractivity contribution in [1.82, 2.24) is 20.2 Å². The van der Waals surface area contributed by atoms with E-state index in [-0.39, 0.29) is 0 Å². The van der Waals surface area contributed by atoms with E-state index < -0.39 is 0 Å². The number of halogens is 1. The lowest BCUT2D eigenvalue weighted by Crippen LogP contribution is -1.82. The Balaban J connectivity index is 2.15. The number of hydrogen-bond acceptors (Lipinski definition) is 6. The molecule has 0 bridgehead atoms. The summed E-state index contributed by atoms with van der Waals surface area (Å²) in [5.41, 5.74) is 0. The Bertz CT molecular complexity index is 430. The molecule has 2 heterocycles. The van der Waals surface area contributed by atoms with Gasteiger partial charge in [-0.3, -0.25) is 0 Å².